The molecule has 0 unspecified atom stereocenters. The number of esters is 1. The van der Waals surface area contributed by atoms with E-state index in [0.717, 1.165) is 11.8 Å². The molecule has 0 aliphatic rings. The highest BCUT2D eigenvalue weighted by atomic mass is 32.2. The standard InChI is InChI=1S/C17H19N3O6S/c1-9-14(16(22)26-4)15(20-17(23)18-9)27-8-13(21)19-11-7-10(24-2)5-6-12(11)25-3/h5-7H,8H2,1-4H3,(H,19,21)(H,18,20,23). The second-order valence-corrected chi connectivity index (χ2v) is 6.21. The Kier molecular flexibility index (Phi) is 6.83. The number of nitrogens with one attached hydrogen (secondary N) is 2. The van der Waals surface area contributed by atoms with Crippen LogP contribution in [0.25, 0.3) is 0 Å². The highest BCUT2D eigenvalue weighted by Gasteiger charge is 2.20. The van der Waals surface area contributed by atoms with Gasteiger partial charge in [-0.05, 0) is 19.1 Å². The number of nitrogens with zero attached hydrogens (tertiary/aromatic N) is 1. The van der Waals surface area contributed by atoms with Gasteiger partial charge in [-0.2, -0.15) is 4.98 Å². The van der Waals surface area contributed by atoms with Gasteiger partial charge in [-0.3, -0.25) is 4.79 Å². The van der Waals surface area contributed by atoms with Crippen LogP contribution in [0.4, 0.5) is 5.69 Å². The van der Waals surface area contributed by atoms with E-state index in [1.54, 1.807) is 25.1 Å². The number of aromatic nitrogens is 2. The van der Waals surface area contributed by atoms with Gasteiger partial charge >= 0.3 is 11.7 Å². The summed E-state index contributed by atoms with van der Waals surface area (Å²) in [5, 5.41) is 2.82. The summed E-state index contributed by atoms with van der Waals surface area (Å²) in [6.45, 7) is 1.56. The second-order valence-electron chi connectivity index (χ2n) is 5.24. The van der Waals surface area contributed by atoms with Gasteiger partial charge in [-0.15, -0.1) is 0 Å². The van der Waals surface area contributed by atoms with Crippen LogP contribution in [-0.2, 0) is 9.53 Å². The van der Waals surface area contributed by atoms with Crippen LogP contribution in [0.1, 0.15) is 16.1 Å². The van der Waals surface area contributed by atoms with E-state index in [4.69, 9.17) is 14.2 Å². The predicted molar refractivity (Wildman–Crippen MR) is 99.8 cm³/mol. The quantitative estimate of drug-likeness (QED) is 0.414. The molecule has 0 aliphatic heterocycles. The maximum absolute atomic E-state index is 12.3. The van der Waals surface area contributed by atoms with Crippen LogP contribution >= 0.6 is 11.8 Å². The minimum Gasteiger partial charge on any atom is -0.497 e. The van der Waals surface area contributed by atoms with Gasteiger partial charge in [-0.25, -0.2) is 9.59 Å². The summed E-state index contributed by atoms with van der Waals surface area (Å²) >= 11 is 0.954. The predicted octanol–water partition coefficient (Wildman–Crippen LogP) is 1.61. The molecular weight excluding hydrogens is 374 g/mol. The van der Waals surface area contributed by atoms with E-state index in [1.807, 2.05) is 0 Å². The largest absolute Gasteiger partial charge is 0.497 e. The van der Waals surface area contributed by atoms with E-state index < -0.39 is 11.7 Å². The van der Waals surface area contributed by atoms with Crippen molar-refractivity contribution < 1.29 is 23.8 Å². The summed E-state index contributed by atoms with van der Waals surface area (Å²) in [7, 11) is 4.22. The Morgan fingerprint density at radius 1 is 1.22 bits per heavy atom. The number of rotatable bonds is 7. The molecule has 0 spiro atoms. The number of aromatic amines is 1. The maximum atomic E-state index is 12.3. The van der Waals surface area contributed by atoms with E-state index in [9.17, 15) is 14.4 Å². The maximum Gasteiger partial charge on any atom is 0.346 e. The fraction of sp³-hybridized carbons (Fsp3) is 0.294. The van der Waals surface area contributed by atoms with Crippen molar-refractivity contribution in [2.24, 2.45) is 0 Å². The lowest BCUT2D eigenvalue weighted by Gasteiger charge is -2.12. The summed E-state index contributed by atoms with van der Waals surface area (Å²) in [5.74, 6) is -0.0795. The minimum absolute atomic E-state index is 0.0831. The molecule has 2 aromatic rings. The number of hydrogen-bond acceptors (Lipinski definition) is 8. The first-order valence-electron chi connectivity index (χ1n) is 7.73. The zero-order valence-electron chi connectivity index (χ0n) is 15.2. The van der Waals surface area contributed by atoms with Gasteiger partial charge in [0.2, 0.25) is 5.91 Å². The summed E-state index contributed by atoms with van der Waals surface area (Å²) in [4.78, 5) is 42.1. The topological polar surface area (TPSA) is 120 Å². The van der Waals surface area contributed by atoms with E-state index in [2.05, 4.69) is 15.3 Å². The Morgan fingerprint density at radius 2 is 1.96 bits per heavy atom. The summed E-state index contributed by atoms with van der Waals surface area (Å²) in [5.41, 5.74) is 0.260. The molecule has 9 nitrogen and oxygen atoms in total. The van der Waals surface area contributed by atoms with Crippen molar-refractivity contribution in [3.63, 3.8) is 0 Å². The third-order valence-electron chi connectivity index (χ3n) is 3.50. The third-order valence-corrected chi connectivity index (χ3v) is 4.47. The Bertz CT molecular complexity index is 912. The molecule has 0 aliphatic carbocycles. The van der Waals surface area contributed by atoms with Crippen molar-refractivity contribution in [2.75, 3.05) is 32.4 Å². The molecule has 0 saturated carbocycles. The molecule has 10 heteroatoms. The zero-order chi connectivity index (χ0) is 20.0. The summed E-state index contributed by atoms with van der Waals surface area (Å²) in [6.07, 6.45) is 0. The van der Waals surface area contributed by atoms with Crippen molar-refractivity contribution in [1.82, 2.24) is 9.97 Å². The normalized spacial score (nSPS) is 10.2. The smallest absolute Gasteiger partial charge is 0.346 e. The van der Waals surface area contributed by atoms with Crippen LogP contribution in [0.2, 0.25) is 0 Å². The highest BCUT2D eigenvalue weighted by Crippen LogP contribution is 2.29. The Morgan fingerprint density at radius 3 is 2.59 bits per heavy atom. The molecule has 144 valence electrons. The van der Waals surface area contributed by atoms with E-state index in [-0.39, 0.29) is 22.2 Å². The minimum atomic E-state index is -0.645. The Hall–Kier alpha value is -3.01. The monoisotopic (exact) mass is 393 g/mol. The number of amides is 1. The van der Waals surface area contributed by atoms with Gasteiger partial charge in [0, 0.05) is 11.8 Å². The first-order valence-corrected chi connectivity index (χ1v) is 8.72. The molecular formula is C17H19N3O6S. The third kappa shape index (κ3) is 5.00. The Labute approximate surface area is 159 Å². The number of benzene rings is 1. The van der Waals surface area contributed by atoms with Gasteiger partial charge in [-0.1, -0.05) is 11.8 Å². The molecule has 1 aromatic heterocycles. The zero-order valence-corrected chi connectivity index (χ0v) is 16.1. The van der Waals surface area contributed by atoms with Gasteiger partial charge < -0.3 is 24.5 Å². The van der Waals surface area contributed by atoms with E-state index in [1.165, 1.54) is 21.3 Å². The average Bonchev–Trinajstić information content (AvgIpc) is 2.65. The number of carbonyl (C=O) groups is 2. The van der Waals surface area contributed by atoms with Gasteiger partial charge in [0.1, 0.15) is 22.1 Å². The van der Waals surface area contributed by atoms with E-state index in [0.29, 0.717) is 22.9 Å². The number of hydrogen-bond donors (Lipinski definition) is 2. The lowest BCUT2D eigenvalue weighted by molar-refractivity contribution is -0.113. The van der Waals surface area contributed by atoms with Gasteiger partial charge in [0.15, 0.2) is 0 Å². The molecule has 1 amide bonds. The molecule has 0 fully saturated rings. The number of thioether (sulfide) groups is 1. The average molecular weight is 393 g/mol. The fourth-order valence-corrected chi connectivity index (χ4v) is 3.11. The van der Waals surface area contributed by atoms with Crippen LogP contribution in [0.3, 0.4) is 0 Å². The number of methoxy groups -OCH3 is 3. The highest BCUT2D eigenvalue weighted by molar-refractivity contribution is 8.00. The molecule has 2 rings (SSSR count). The van der Waals surface area contributed by atoms with Crippen molar-refractivity contribution in [1.29, 1.82) is 0 Å². The number of carbonyl (C=O) groups excluding carboxylic acids is 2. The van der Waals surface area contributed by atoms with Crippen molar-refractivity contribution >= 4 is 29.3 Å². The second kappa shape index (κ2) is 9.08. The molecule has 2 N–H and O–H groups in total. The number of aryl methyl sites for hydroxylation is 1. The first kappa shape index (κ1) is 20.3. The molecule has 1 aromatic carbocycles. The first-order chi connectivity index (χ1) is 12.9. The SMILES string of the molecule is COC(=O)c1c(SCC(=O)Nc2cc(OC)ccc2OC)nc(=O)[nH]c1C. The van der Waals surface area contributed by atoms with Crippen molar-refractivity contribution in [3.05, 3.63) is 39.9 Å². The van der Waals surface area contributed by atoms with Crippen LogP contribution in [-0.4, -0.2) is 48.9 Å². The fourth-order valence-electron chi connectivity index (χ4n) is 2.24. The van der Waals surface area contributed by atoms with Crippen LogP contribution in [0.15, 0.2) is 28.0 Å². The molecule has 0 saturated heterocycles. The molecule has 0 radical (unpaired) electrons. The molecule has 0 atom stereocenters. The lowest BCUT2D eigenvalue weighted by Crippen LogP contribution is -2.20. The van der Waals surface area contributed by atoms with Crippen molar-refractivity contribution in [2.45, 2.75) is 11.9 Å². The summed E-state index contributed by atoms with van der Waals surface area (Å²) < 4.78 is 15.1. The lowest BCUT2D eigenvalue weighted by atomic mass is 10.2. The number of anilines is 1. The van der Waals surface area contributed by atoms with Crippen LogP contribution in [0.5, 0.6) is 11.5 Å². The summed E-state index contributed by atoms with van der Waals surface area (Å²) in [6, 6.07) is 4.99. The van der Waals surface area contributed by atoms with Gasteiger partial charge in [0.05, 0.1) is 32.8 Å². The van der Waals surface area contributed by atoms with Crippen molar-refractivity contribution in [3.8, 4) is 11.5 Å². The number of ether oxygens (including phenoxy) is 3. The van der Waals surface area contributed by atoms with Gasteiger partial charge in [0.25, 0.3) is 0 Å². The van der Waals surface area contributed by atoms with Crippen LogP contribution < -0.4 is 20.5 Å². The van der Waals surface area contributed by atoms with E-state index >= 15 is 0 Å². The number of H-pyrrole nitrogens is 1. The van der Waals surface area contributed by atoms with Crippen LogP contribution in [0, 0.1) is 6.92 Å². The Balaban J connectivity index is 2.17. The molecule has 1 heterocycles. The molecule has 27 heavy (non-hydrogen) atoms. The molecule has 0 bridgehead atoms.